The molecule has 2 aromatic rings. The number of benzene rings is 2. The number of carbonyl (C=O) groups excluding carboxylic acids is 1. The van der Waals surface area contributed by atoms with Crippen molar-refractivity contribution in [3.63, 3.8) is 0 Å². The van der Waals surface area contributed by atoms with Gasteiger partial charge >= 0.3 is 6.09 Å². The maximum atomic E-state index is 12.8. The fraction of sp³-hybridized carbons (Fsp3) is 0.458. The number of piperidine rings is 2. The van der Waals surface area contributed by atoms with Crippen molar-refractivity contribution in [2.45, 2.75) is 57.3 Å². The molecule has 4 heteroatoms. The molecule has 148 valence electrons. The minimum absolute atomic E-state index is 0.166. The van der Waals surface area contributed by atoms with Crippen LogP contribution in [0.5, 0.6) is 0 Å². The summed E-state index contributed by atoms with van der Waals surface area (Å²) in [6.07, 6.45) is 4.29. The first-order chi connectivity index (χ1) is 13.7. The van der Waals surface area contributed by atoms with Gasteiger partial charge < -0.3 is 15.0 Å². The van der Waals surface area contributed by atoms with Crippen LogP contribution in [-0.4, -0.2) is 35.7 Å². The Balaban J connectivity index is 1.34. The summed E-state index contributed by atoms with van der Waals surface area (Å²) < 4.78 is 5.63. The lowest BCUT2D eigenvalue weighted by Gasteiger charge is -2.50. The molecule has 1 aliphatic carbocycles. The first-order valence-corrected chi connectivity index (χ1v) is 10.5. The number of ether oxygens (including phenoxy) is 1. The van der Waals surface area contributed by atoms with Crippen LogP contribution in [0.3, 0.4) is 0 Å². The summed E-state index contributed by atoms with van der Waals surface area (Å²) in [5.74, 6) is 0.579. The van der Waals surface area contributed by atoms with Gasteiger partial charge in [-0.2, -0.15) is 0 Å². The summed E-state index contributed by atoms with van der Waals surface area (Å²) in [7, 11) is 0. The van der Waals surface area contributed by atoms with Crippen molar-refractivity contribution in [1.29, 1.82) is 0 Å². The largest absolute Gasteiger partial charge is 0.445 e. The van der Waals surface area contributed by atoms with Gasteiger partial charge in [0.2, 0.25) is 0 Å². The Morgan fingerprint density at radius 3 is 2.43 bits per heavy atom. The number of fused-ring (bicyclic) bond motifs is 3. The Morgan fingerprint density at radius 1 is 1.07 bits per heavy atom. The highest BCUT2D eigenvalue weighted by Crippen LogP contribution is 2.36. The highest BCUT2D eigenvalue weighted by atomic mass is 16.6. The van der Waals surface area contributed by atoms with E-state index >= 15 is 0 Å². The number of amides is 1. The lowest BCUT2D eigenvalue weighted by Crippen LogP contribution is -2.62. The van der Waals surface area contributed by atoms with E-state index in [0.717, 1.165) is 31.4 Å². The van der Waals surface area contributed by atoms with Crippen molar-refractivity contribution in [2.24, 2.45) is 5.92 Å². The highest BCUT2D eigenvalue weighted by molar-refractivity contribution is 5.68. The molecular weight excluding hydrogens is 348 g/mol. The van der Waals surface area contributed by atoms with Crippen molar-refractivity contribution >= 4 is 6.09 Å². The minimum atomic E-state index is -0.166. The molecule has 3 aliphatic rings. The maximum absolute atomic E-state index is 12.8. The summed E-state index contributed by atoms with van der Waals surface area (Å²) in [6, 6.07) is 21.5. The van der Waals surface area contributed by atoms with E-state index in [4.69, 9.17) is 4.74 Å². The Kier molecular flexibility index (Phi) is 5.96. The molecule has 4 unspecified atom stereocenters. The Morgan fingerprint density at radius 2 is 1.75 bits per heavy atom. The summed E-state index contributed by atoms with van der Waals surface area (Å²) in [5, 5.41) is 3.81. The smallest absolute Gasteiger partial charge is 0.410 e. The second-order valence-electron chi connectivity index (χ2n) is 8.30. The highest BCUT2D eigenvalue weighted by Gasteiger charge is 2.43. The predicted molar refractivity (Wildman–Crippen MR) is 111 cm³/mol. The van der Waals surface area contributed by atoms with E-state index < -0.39 is 0 Å². The van der Waals surface area contributed by atoms with Gasteiger partial charge in [-0.15, -0.1) is 0 Å². The summed E-state index contributed by atoms with van der Waals surface area (Å²) in [4.78, 5) is 14.7. The Bertz CT molecular complexity index is 765. The molecule has 2 saturated heterocycles. The van der Waals surface area contributed by atoms with E-state index in [2.05, 4.69) is 42.6 Å². The van der Waals surface area contributed by atoms with Gasteiger partial charge in [0, 0.05) is 18.6 Å². The van der Waals surface area contributed by atoms with Gasteiger partial charge in [0.25, 0.3) is 0 Å². The molecule has 0 radical (unpaired) electrons. The zero-order valence-electron chi connectivity index (χ0n) is 16.6. The first kappa shape index (κ1) is 19.0. The molecule has 2 aliphatic heterocycles. The van der Waals surface area contributed by atoms with Crippen molar-refractivity contribution < 1.29 is 9.53 Å². The molecule has 28 heavy (non-hydrogen) atoms. The molecule has 2 heterocycles. The summed E-state index contributed by atoms with van der Waals surface area (Å²) in [5.41, 5.74) is 2.38. The predicted octanol–water partition coefficient (Wildman–Crippen LogP) is 4.40. The SMILES string of the molecule is CC(Cc1ccccc1)NC1CC2CCC1N(C(=O)OCc1ccccc1)C2. The zero-order chi connectivity index (χ0) is 19.3. The van der Waals surface area contributed by atoms with Gasteiger partial charge in [0.1, 0.15) is 6.61 Å². The monoisotopic (exact) mass is 378 g/mol. The van der Waals surface area contributed by atoms with E-state index in [1.165, 1.54) is 12.0 Å². The molecule has 1 saturated carbocycles. The molecule has 4 atom stereocenters. The van der Waals surface area contributed by atoms with E-state index in [-0.39, 0.29) is 12.1 Å². The van der Waals surface area contributed by atoms with Crippen LogP contribution in [0, 0.1) is 5.92 Å². The van der Waals surface area contributed by atoms with E-state index in [0.29, 0.717) is 24.6 Å². The third-order valence-corrected chi connectivity index (χ3v) is 6.10. The third-order valence-electron chi connectivity index (χ3n) is 6.10. The standard InChI is InChI=1S/C24H30N2O2/c1-18(14-19-8-4-2-5-9-19)25-22-15-21-12-13-23(22)26(16-21)24(27)28-17-20-10-6-3-7-11-20/h2-11,18,21-23,25H,12-17H2,1H3. The molecular formula is C24H30N2O2. The number of carbonyl (C=O) groups is 1. The number of nitrogens with zero attached hydrogens (tertiary/aromatic N) is 1. The van der Waals surface area contributed by atoms with Crippen LogP contribution in [0.4, 0.5) is 4.79 Å². The van der Waals surface area contributed by atoms with Crippen LogP contribution in [0.15, 0.2) is 60.7 Å². The molecule has 0 spiro atoms. The molecule has 2 bridgehead atoms. The molecule has 3 fully saturated rings. The maximum Gasteiger partial charge on any atom is 0.410 e. The molecule has 2 aromatic carbocycles. The van der Waals surface area contributed by atoms with Gasteiger partial charge in [-0.1, -0.05) is 60.7 Å². The van der Waals surface area contributed by atoms with Gasteiger partial charge in [-0.25, -0.2) is 4.79 Å². The minimum Gasteiger partial charge on any atom is -0.445 e. The second-order valence-corrected chi connectivity index (χ2v) is 8.30. The Hall–Kier alpha value is -2.33. The van der Waals surface area contributed by atoms with Gasteiger partial charge in [0.05, 0.1) is 6.04 Å². The lowest BCUT2D eigenvalue weighted by molar-refractivity contribution is 0.00623. The fourth-order valence-electron chi connectivity index (χ4n) is 4.78. The summed E-state index contributed by atoms with van der Waals surface area (Å²) >= 11 is 0. The van der Waals surface area contributed by atoms with Crippen LogP contribution >= 0.6 is 0 Å². The van der Waals surface area contributed by atoms with Crippen molar-refractivity contribution in [3.8, 4) is 0 Å². The van der Waals surface area contributed by atoms with Gasteiger partial charge in [0.15, 0.2) is 0 Å². The third kappa shape index (κ3) is 4.56. The second kappa shape index (κ2) is 8.78. The topological polar surface area (TPSA) is 41.6 Å². The number of rotatable bonds is 6. The van der Waals surface area contributed by atoms with E-state index in [1.807, 2.05) is 35.2 Å². The average Bonchev–Trinajstić information content (AvgIpc) is 2.73. The summed E-state index contributed by atoms with van der Waals surface area (Å²) in [6.45, 7) is 3.42. The molecule has 1 N–H and O–H groups in total. The van der Waals surface area contributed by atoms with Gasteiger partial charge in [-0.3, -0.25) is 0 Å². The normalized spacial score (nSPS) is 24.8. The molecule has 5 rings (SSSR count). The van der Waals surface area contributed by atoms with Gasteiger partial charge in [-0.05, 0) is 49.7 Å². The number of nitrogens with one attached hydrogen (secondary N) is 1. The lowest BCUT2D eigenvalue weighted by atomic mass is 9.76. The van der Waals surface area contributed by atoms with Crippen LogP contribution in [0.25, 0.3) is 0 Å². The zero-order valence-corrected chi connectivity index (χ0v) is 16.6. The Labute approximate surface area is 167 Å². The van der Waals surface area contributed by atoms with Crippen molar-refractivity contribution in [3.05, 3.63) is 71.8 Å². The average molecular weight is 379 g/mol. The molecule has 0 aromatic heterocycles. The molecule has 1 amide bonds. The quantitative estimate of drug-likeness (QED) is 0.810. The van der Waals surface area contributed by atoms with Crippen LogP contribution in [0.2, 0.25) is 0 Å². The van der Waals surface area contributed by atoms with Crippen LogP contribution in [0.1, 0.15) is 37.3 Å². The van der Waals surface area contributed by atoms with E-state index in [9.17, 15) is 4.79 Å². The van der Waals surface area contributed by atoms with Crippen LogP contribution in [-0.2, 0) is 17.8 Å². The van der Waals surface area contributed by atoms with Crippen LogP contribution < -0.4 is 5.32 Å². The molecule has 4 nitrogen and oxygen atoms in total. The van der Waals surface area contributed by atoms with Crippen molar-refractivity contribution in [1.82, 2.24) is 10.2 Å². The number of hydrogen-bond donors (Lipinski definition) is 1. The van der Waals surface area contributed by atoms with E-state index in [1.54, 1.807) is 0 Å². The number of hydrogen-bond acceptors (Lipinski definition) is 3. The fourth-order valence-corrected chi connectivity index (χ4v) is 4.78. The van der Waals surface area contributed by atoms with Crippen molar-refractivity contribution in [2.75, 3.05) is 6.54 Å². The first-order valence-electron chi connectivity index (χ1n) is 10.5.